The molecule has 0 unspecified atom stereocenters. The van der Waals surface area contributed by atoms with Gasteiger partial charge < -0.3 is 10.1 Å². The number of hydrogen-bond acceptors (Lipinski definition) is 5. The van der Waals surface area contributed by atoms with Crippen molar-refractivity contribution in [3.8, 4) is 0 Å². The molecule has 0 aliphatic rings. The summed E-state index contributed by atoms with van der Waals surface area (Å²) < 4.78 is 5.03. The molecule has 1 aromatic heterocycles. The number of pyridine rings is 1. The van der Waals surface area contributed by atoms with E-state index >= 15 is 0 Å². The van der Waals surface area contributed by atoms with Crippen LogP contribution in [0, 0.1) is 0 Å². The van der Waals surface area contributed by atoms with E-state index in [2.05, 4.69) is 15.6 Å². The molecule has 0 saturated heterocycles. The molecule has 2 rings (SSSR count). The number of para-hydroxylation sites is 1. The Bertz CT molecular complexity index is 745. The van der Waals surface area contributed by atoms with Gasteiger partial charge in [0.2, 0.25) is 0 Å². The molecule has 0 aliphatic carbocycles. The Kier molecular flexibility index (Phi) is 5.24. The van der Waals surface area contributed by atoms with Gasteiger partial charge in [0.15, 0.2) is 6.10 Å². The zero-order chi connectivity index (χ0) is 16.8. The monoisotopic (exact) mass is 315 g/mol. The van der Waals surface area contributed by atoms with E-state index in [4.69, 9.17) is 4.74 Å². The Labute approximate surface area is 133 Å². The summed E-state index contributed by atoms with van der Waals surface area (Å²) >= 11 is 0. The topological polar surface area (TPSA) is 97.4 Å². The molecular weight excluding hydrogens is 298 g/mol. The zero-order valence-electron chi connectivity index (χ0n) is 12.8. The Balaban J connectivity index is 2.02. The van der Waals surface area contributed by atoms with Gasteiger partial charge in [-0.2, -0.15) is 0 Å². The van der Waals surface area contributed by atoms with Crippen molar-refractivity contribution in [3.63, 3.8) is 0 Å². The number of carbonyl (C=O) groups is 3. The van der Waals surface area contributed by atoms with E-state index in [1.54, 1.807) is 19.1 Å². The van der Waals surface area contributed by atoms with E-state index < -0.39 is 24.0 Å². The molecular formula is C16H17N3O4. The highest BCUT2D eigenvalue weighted by Crippen LogP contribution is 2.12. The second kappa shape index (κ2) is 7.35. The maximum Gasteiger partial charge on any atom is 0.357 e. The molecule has 0 bridgehead atoms. The third-order valence-corrected chi connectivity index (χ3v) is 3.03. The number of benzene rings is 1. The number of amides is 3. The van der Waals surface area contributed by atoms with E-state index in [-0.39, 0.29) is 5.69 Å². The second-order valence-corrected chi connectivity index (χ2v) is 4.79. The van der Waals surface area contributed by atoms with Crippen LogP contribution in [0.3, 0.4) is 0 Å². The van der Waals surface area contributed by atoms with Crippen molar-refractivity contribution in [3.05, 3.63) is 42.1 Å². The summed E-state index contributed by atoms with van der Waals surface area (Å²) in [6, 6.07) is 9.97. The van der Waals surface area contributed by atoms with Crippen LogP contribution in [0.5, 0.6) is 0 Å². The van der Waals surface area contributed by atoms with Gasteiger partial charge in [0.1, 0.15) is 5.69 Å². The fourth-order valence-electron chi connectivity index (χ4n) is 1.87. The van der Waals surface area contributed by atoms with Gasteiger partial charge in [-0.05, 0) is 26.0 Å². The maximum absolute atomic E-state index is 12.0. The van der Waals surface area contributed by atoms with Gasteiger partial charge in [-0.15, -0.1) is 0 Å². The summed E-state index contributed by atoms with van der Waals surface area (Å²) in [5.41, 5.74) is 0.753. The van der Waals surface area contributed by atoms with E-state index in [0.29, 0.717) is 12.1 Å². The van der Waals surface area contributed by atoms with Crippen LogP contribution in [0.1, 0.15) is 24.3 Å². The highest BCUT2D eigenvalue weighted by molar-refractivity contribution is 5.98. The number of nitrogens with one attached hydrogen (secondary N) is 2. The van der Waals surface area contributed by atoms with Crippen LogP contribution in [0.25, 0.3) is 10.9 Å². The minimum absolute atomic E-state index is 0.0985. The van der Waals surface area contributed by atoms with Crippen LogP contribution < -0.4 is 10.6 Å². The number of ether oxygens (including phenoxy) is 1. The fraction of sp³-hybridized carbons (Fsp3) is 0.250. The standard InChI is InChI=1S/C16H17N3O4/c1-3-17-16(22)19-14(20)10(2)23-15(21)13-9-8-11-6-4-5-7-12(11)18-13/h4-10H,3H2,1-2H3,(H2,17,19,20,22)/t10-/m0/s1. The molecule has 7 heteroatoms. The smallest absolute Gasteiger partial charge is 0.357 e. The van der Waals surface area contributed by atoms with Gasteiger partial charge in [-0.1, -0.05) is 24.3 Å². The second-order valence-electron chi connectivity index (χ2n) is 4.79. The van der Waals surface area contributed by atoms with Gasteiger partial charge in [0.05, 0.1) is 5.52 Å². The minimum atomic E-state index is -1.11. The Morgan fingerprint density at radius 3 is 2.65 bits per heavy atom. The number of fused-ring (bicyclic) bond motifs is 1. The number of aromatic nitrogens is 1. The lowest BCUT2D eigenvalue weighted by molar-refractivity contribution is -0.127. The summed E-state index contributed by atoms with van der Waals surface area (Å²) in [5, 5.41) is 5.39. The van der Waals surface area contributed by atoms with Crippen molar-refractivity contribution in [1.82, 2.24) is 15.6 Å². The maximum atomic E-state index is 12.0. The first-order chi connectivity index (χ1) is 11.0. The van der Waals surface area contributed by atoms with Crippen LogP contribution in [0.15, 0.2) is 36.4 Å². The van der Waals surface area contributed by atoms with E-state index in [1.165, 1.54) is 13.0 Å². The molecule has 1 atom stereocenters. The molecule has 23 heavy (non-hydrogen) atoms. The molecule has 0 radical (unpaired) electrons. The third kappa shape index (κ3) is 4.26. The number of carbonyl (C=O) groups excluding carboxylic acids is 3. The van der Waals surface area contributed by atoms with Gasteiger partial charge in [0.25, 0.3) is 5.91 Å². The van der Waals surface area contributed by atoms with Crippen molar-refractivity contribution in [2.75, 3.05) is 6.54 Å². The van der Waals surface area contributed by atoms with E-state index in [0.717, 1.165) is 5.39 Å². The first-order valence-electron chi connectivity index (χ1n) is 7.16. The van der Waals surface area contributed by atoms with Crippen LogP contribution in [-0.2, 0) is 9.53 Å². The lowest BCUT2D eigenvalue weighted by Gasteiger charge is -2.12. The van der Waals surface area contributed by atoms with Crippen molar-refractivity contribution >= 4 is 28.8 Å². The molecule has 0 fully saturated rings. The molecule has 0 saturated carbocycles. The summed E-state index contributed by atoms with van der Waals surface area (Å²) in [6.45, 7) is 3.49. The lowest BCUT2D eigenvalue weighted by atomic mass is 10.2. The fourth-order valence-corrected chi connectivity index (χ4v) is 1.87. The van der Waals surface area contributed by atoms with Gasteiger partial charge in [0, 0.05) is 11.9 Å². The predicted octanol–water partition coefficient (Wildman–Crippen LogP) is 1.63. The van der Waals surface area contributed by atoms with Crippen LogP contribution in [0.4, 0.5) is 4.79 Å². The molecule has 0 spiro atoms. The number of esters is 1. The highest BCUT2D eigenvalue weighted by atomic mass is 16.5. The van der Waals surface area contributed by atoms with Crippen molar-refractivity contribution in [2.45, 2.75) is 20.0 Å². The average Bonchev–Trinajstić information content (AvgIpc) is 2.54. The zero-order valence-corrected chi connectivity index (χ0v) is 12.8. The molecule has 1 heterocycles. The van der Waals surface area contributed by atoms with Gasteiger partial charge >= 0.3 is 12.0 Å². The first kappa shape index (κ1) is 16.4. The van der Waals surface area contributed by atoms with Gasteiger partial charge in [-0.3, -0.25) is 10.1 Å². The number of rotatable bonds is 4. The van der Waals surface area contributed by atoms with Crippen LogP contribution >= 0.6 is 0 Å². The molecule has 0 aliphatic heterocycles. The predicted molar refractivity (Wildman–Crippen MR) is 83.8 cm³/mol. The summed E-state index contributed by atoms with van der Waals surface area (Å²) in [4.78, 5) is 39.2. The summed E-state index contributed by atoms with van der Waals surface area (Å²) in [7, 11) is 0. The number of nitrogens with zero attached hydrogens (tertiary/aromatic N) is 1. The first-order valence-corrected chi connectivity index (χ1v) is 7.16. The molecule has 7 nitrogen and oxygen atoms in total. The van der Waals surface area contributed by atoms with Crippen molar-refractivity contribution in [1.29, 1.82) is 0 Å². The number of hydrogen-bond donors (Lipinski definition) is 2. The van der Waals surface area contributed by atoms with E-state index in [1.807, 2.05) is 18.2 Å². The van der Waals surface area contributed by atoms with Crippen LogP contribution in [-0.4, -0.2) is 35.5 Å². The molecule has 2 N–H and O–H groups in total. The summed E-state index contributed by atoms with van der Waals surface area (Å²) in [5.74, 6) is -1.43. The van der Waals surface area contributed by atoms with Gasteiger partial charge in [-0.25, -0.2) is 14.6 Å². The normalized spacial score (nSPS) is 11.6. The summed E-state index contributed by atoms with van der Waals surface area (Å²) in [6.07, 6.45) is -1.11. The van der Waals surface area contributed by atoms with Crippen molar-refractivity contribution in [2.24, 2.45) is 0 Å². The molecule has 120 valence electrons. The minimum Gasteiger partial charge on any atom is -0.448 e. The molecule has 1 aromatic carbocycles. The quantitative estimate of drug-likeness (QED) is 0.836. The van der Waals surface area contributed by atoms with E-state index in [9.17, 15) is 14.4 Å². The van der Waals surface area contributed by atoms with Crippen molar-refractivity contribution < 1.29 is 19.1 Å². The Morgan fingerprint density at radius 2 is 1.91 bits per heavy atom. The largest absolute Gasteiger partial charge is 0.448 e. The Hall–Kier alpha value is -2.96. The Morgan fingerprint density at radius 1 is 1.17 bits per heavy atom. The third-order valence-electron chi connectivity index (χ3n) is 3.03. The lowest BCUT2D eigenvalue weighted by Crippen LogP contribution is -2.44. The molecule has 2 aromatic rings. The number of urea groups is 1. The highest BCUT2D eigenvalue weighted by Gasteiger charge is 2.21. The van der Waals surface area contributed by atoms with Crippen LogP contribution in [0.2, 0.25) is 0 Å². The SMILES string of the molecule is CCNC(=O)NC(=O)[C@H](C)OC(=O)c1ccc2ccccc2n1. The molecule has 3 amide bonds. The number of imide groups is 1. The average molecular weight is 315 g/mol.